The van der Waals surface area contributed by atoms with Crippen molar-refractivity contribution in [3.63, 3.8) is 0 Å². The average molecular weight is 202 g/mol. The standard InChI is InChI=1S/C12H11FN2/c1-8-4-5-10(13)9(7-8)12-11(14)3-2-6-15-12/h2-7H,14H2,1H3. The van der Waals surface area contributed by atoms with Crippen LogP contribution in [0.2, 0.25) is 0 Å². The molecule has 15 heavy (non-hydrogen) atoms. The Bertz CT molecular complexity index is 495. The Balaban J connectivity index is 2.64. The van der Waals surface area contributed by atoms with Crippen LogP contribution in [0.15, 0.2) is 36.5 Å². The summed E-state index contributed by atoms with van der Waals surface area (Å²) in [6.07, 6.45) is 1.60. The van der Waals surface area contributed by atoms with E-state index in [-0.39, 0.29) is 5.82 Å². The van der Waals surface area contributed by atoms with Crippen molar-refractivity contribution >= 4 is 5.69 Å². The van der Waals surface area contributed by atoms with Crippen molar-refractivity contribution in [2.75, 3.05) is 5.73 Å². The van der Waals surface area contributed by atoms with Crippen LogP contribution in [0, 0.1) is 12.7 Å². The number of nitrogens with zero attached hydrogens (tertiary/aromatic N) is 1. The number of pyridine rings is 1. The summed E-state index contributed by atoms with van der Waals surface area (Å²) < 4.78 is 13.5. The monoisotopic (exact) mass is 202 g/mol. The molecule has 1 aromatic carbocycles. The molecule has 2 nitrogen and oxygen atoms in total. The van der Waals surface area contributed by atoms with Crippen LogP contribution < -0.4 is 5.73 Å². The van der Waals surface area contributed by atoms with Crippen LogP contribution in [0.5, 0.6) is 0 Å². The zero-order chi connectivity index (χ0) is 10.8. The van der Waals surface area contributed by atoms with Gasteiger partial charge in [0.05, 0.1) is 11.4 Å². The van der Waals surface area contributed by atoms with E-state index < -0.39 is 0 Å². The first-order valence-corrected chi connectivity index (χ1v) is 4.65. The van der Waals surface area contributed by atoms with Crippen molar-refractivity contribution in [2.45, 2.75) is 6.92 Å². The molecule has 0 aliphatic rings. The largest absolute Gasteiger partial charge is 0.397 e. The zero-order valence-corrected chi connectivity index (χ0v) is 8.37. The van der Waals surface area contributed by atoms with Gasteiger partial charge < -0.3 is 5.73 Å². The van der Waals surface area contributed by atoms with E-state index in [0.717, 1.165) is 5.56 Å². The number of hydrogen-bond acceptors (Lipinski definition) is 2. The molecule has 0 fully saturated rings. The van der Waals surface area contributed by atoms with Gasteiger partial charge in [-0.25, -0.2) is 4.39 Å². The Labute approximate surface area is 87.6 Å². The first-order chi connectivity index (χ1) is 7.18. The maximum atomic E-state index is 13.5. The summed E-state index contributed by atoms with van der Waals surface area (Å²) in [7, 11) is 0. The molecule has 3 heteroatoms. The maximum absolute atomic E-state index is 13.5. The normalized spacial score (nSPS) is 10.3. The fourth-order valence-corrected chi connectivity index (χ4v) is 1.46. The third-order valence-electron chi connectivity index (χ3n) is 2.22. The summed E-state index contributed by atoms with van der Waals surface area (Å²) in [6.45, 7) is 1.90. The molecule has 1 aromatic heterocycles. The molecule has 0 atom stereocenters. The highest BCUT2D eigenvalue weighted by atomic mass is 19.1. The predicted molar refractivity (Wildman–Crippen MR) is 58.8 cm³/mol. The second kappa shape index (κ2) is 3.69. The van der Waals surface area contributed by atoms with E-state index in [2.05, 4.69) is 4.98 Å². The lowest BCUT2D eigenvalue weighted by Crippen LogP contribution is -1.95. The van der Waals surface area contributed by atoms with Gasteiger partial charge >= 0.3 is 0 Å². The summed E-state index contributed by atoms with van der Waals surface area (Å²) in [5.41, 5.74) is 8.16. The van der Waals surface area contributed by atoms with Crippen LogP contribution in [-0.4, -0.2) is 4.98 Å². The van der Waals surface area contributed by atoms with Crippen molar-refractivity contribution in [3.05, 3.63) is 47.9 Å². The molecule has 0 saturated carbocycles. The van der Waals surface area contributed by atoms with Gasteiger partial charge in [0.2, 0.25) is 0 Å². The van der Waals surface area contributed by atoms with Crippen LogP contribution in [0.25, 0.3) is 11.3 Å². The van der Waals surface area contributed by atoms with Gasteiger partial charge in [0, 0.05) is 11.8 Å². The van der Waals surface area contributed by atoms with Crippen molar-refractivity contribution in [1.29, 1.82) is 0 Å². The van der Waals surface area contributed by atoms with E-state index in [1.54, 1.807) is 30.5 Å². The minimum atomic E-state index is -0.300. The smallest absolute Gasteiger partial charge is 0.132 e. The molecule has 2 aromatic rings. The molecule has 0 saturated heterocycles. The van der Waals surface area contributed by atoms with Crippen LogP contribution in [-0.2, 0) is 0 Å². The third kappa shape index (κ3) is 1.81. The second-order valence-corrected chi connectivity index (χ2v) is 3.42. The lowest BCUT2D eigenvalue weighted by atomic mass is 10.1. The van der Waals surface area contributed by atoms with Crippen LogP contribution in [0.3, 0.4) is 0 Å². The second-order valence-electron chi connectivity index (χ2n) is 3.42. The van der Waals surface area contributed by atoms with Crippen LogP contribution in [0.1, 0.15) is 5.56 Å². The average Bonchev–Trinajstić information content (AvgIpc) is 2.23. The molecule has 0 aliphatic carbocycles. The van der Waals surface area contributed by atoms with Gasteiger partial charge in [-0.2, -0.15) is 0 Å². The highest BCUT2D eigenvalue weighted by molar-refractivity contribution is 5.72. The number of rotatable bonds is 1. The van der Waals surface area contributed by atoms with Gasteiger partial charge in [0.1, 0.15) is 5.82 Å². The predicted octanol–water partition coefficient (Wildman–Crippen LogP) is 2.78. The Hall–Kier alpha value is -1.90. The van der Waals surface area contributed by atoms with E-state index in [9.17, 15) is 4.39 Å². The molecule has 76 valence electrons. The van der Waals surface area contributed by atoms with Gasteiger partial charge in [-0.1, -0.05) is 11.6 Å². The third-order valence-corrected chi connectivity index (χ3v) is 2.22. The van der Waals surface area contributed by atoms with E-state index in [4.69, 9.17) is 5.73 Å². The molecule has 0 bridgehead atoms. The minimum Gasteiger partial charge on any atom is -0.397 e. The topological polar surface area (TPSA) is 38.9 Å². The number of aryl methyl sites for hydroxylation is 1. The lowest BCUT2D eigenvalue weighted by Gasteiger charge is -2.06. The van der Waals surface area contributed by atoms with Gasteiger partial charge in [-0.05, 0) is 31.2 Å². The molecular weight excluding hydrogens is 191 g/mol. The molecule has 0 radical (unpaired) electrons. The van der Waals surface area contributed by atoms with Crippen molar-refractivity contribution in [3.8, 4) is 11.3 Å². The summed E-state index contributed by atoms with van der Waals surface area (Å²) in [4.78, 5) is 4.09. The van der Waals surface area contributed by atoms with Gasteiger partial charge in [0.25, 0.3) is 0 Å². The van der Waals surface area contributed by atoms with Crippen LogP contribution >= 0.6 is 0 Å². The summed E-state index contributed by atoms with van der Waals surface area (Å²) in [5.74, 6) is -0.300. The minimum absolute atomic E-state index is 0.300. The Morgan fingerprint density at radius 3 is 2.80 bits per heavy atom. The summed E-state index contributed by atoms with van der Waals surface area (Å²) in [6, 6.07) is 8.33. The number of halogens is 1. The molecule has 1 heterocycles. The Morgan fingerprint density at radius 1 is 1.27 bits per heavy atom. The number of aromatic nitrogens is 1. The number of hydrogen-bond donors (Lipinski definition) is 1. The van der Waals surface area contributed by atoms with Gasteiger partial charge in [-0.3, -0.25) is 4.98 Å². The SMILES string of the molecule is Cc1ccc(F)c(-c2ncccc2N)c1. The van der Waals surface area contributed by atoms with Gasteiger partial charge in [0.15, 0.2) is 0 Å². The quantitative estimate of drug-likeness (QED) is 0.772. The molecule has 0 spiro atoms. The van der Waals surface area contributed by atoms with Crippen molar-refractivity contribution < 1.29 is 4.39 Å². The summed E-state index contributed by atoms with van der Waals surface area (Å²) in [5, 5.41) is 0. The fraction of sp³-hybridized carbons (Fsp3) is 0.0833. The van der Waals surface area contributed by atoms with E-state index >= 15 is 0 Å². The number of benzene rings is 1. The number of anilines is 1. The molecule has 0 amide bonds. The van der Waals surface area contributed by atoms with Crippen molar-refractivity contribution in [1.82, 2.24) is 4.98 Å². The molecular formula is C12H11FN2. The molecule has 2 rings (SSSR count). The van der Waals surface area contributed by atoms with Gasteiger partial charge in [-0.15, -0.1) is 0 Å². The van der Waals surface area contributed by atoms with E-state index in [1.807, 2.05) is 6.92 Å². The summed E-state index contributed by atoms with van der Waals surface area (Å²) >= 11 is 0. The highest BCUT2D eigenvalue weighted by Gasteiger charge is 2.08. The number of nitrogen functional groups attached to an aromatic ring is 1. The molecule has 2 N–H and O–H groups in total. The fourth-order valence-electron chi connectivity index (χ4n) is 1.46. The number of nitrogens with two attached hydrogens (primary N) is 1. The van der Waals surface area contributed by atoms with Crippen molar-refractivity contribution in [2.24, 2.45) is 0 Å². The lowest BCUT2D eigenvalue weighted by molar-refractivity contribution is 0.630. The molecule has 0 aliphatic heterocycles. The van der Waals surface area contributed by atoms with E-state index in [0.29, 0.717) is 16.9 Å². The highest BCUT2D eigenvalue weighted by Crippen LogP contribution is 2.26. The van der Waals surface area contributed by atoms with E-state index in [1.165, 1.54) is 6.07 Å². The molecule has 0 unspecified atom stereocenters. The Kier molecular flexibility index (Phi) is 2.37. The zero-order valence-electron chi connectivity index (χ0n) is 8.37. The Morgan fingerprint density at radius 2 is 2.07 bits per heavy atom. The first kappa shape index (κ1) is 9.65. The first-order valence-electron chi connectivity index (χ1n) is 4.65. The maximum Gasteiger partial charge on any atom is 0.132 e. The van der Waals surface area contributed by atoms with Crippen LogP contribution in [0.4, 0.5) is 10.1 Å².